The van der Waals surface area contributed by atoms with Crippen molar-refractivity contribution < 1.29 is 14.1 Å². The highest BCUT2D eigenvalue weighted by Crippen LogP contribution is 2.12. The van der Waals surface area contributed by atoms with E-state index in [1.807, 2.05) is 56.9 Å². The molecule has 1 aromatic rings. The maximum atomic E-state index is 12.8. The third kappa shape index (κ3) is 3.61. The first-order valence-corrected chi connectivity index (χ1v) is 6.91. The van der Waals surface area contributed by atoms with Crippen molar-refractivity contribution in [2.24, 2.45) is 0 Å². The van der Waals surface area contributed by atoms with E-state index in [1.54, 1.807) is 14.2 Å². The van der Waals surface area contributed by atoms with E-state index in [4.69, 9.17) is 9.31 Å². The molecule has 1 rings (SSSR count). The van der Waals surface area contributed by atoms with Crippen LogP contribution >= 0.6 is 0 Å². The van der Waals surface area contributed by atoms with Gasteiger partial charge in [0.05, 0.1) is 0 Å². The molecule has 0 unspecified atom stereocenters. The SMILES string of the molecule is COB(OC)c1ccccc1C(=O)N(C(C)C)C(C)C. The number of rotatable bonds is 6. The molecule has 0 N–H and O–H groups in total. The van der Waals surface area contributed by atoms with Crippen LogP contribution in [0.2, 0.25) is 0 Å². The lowest BCUT2D eigenvalue weighted by Gasteiger charge is -2.31. The number of carbonyl (C=O) groups excluding carboxylic acids is 1. The van der Waals surface area contributed by atoms with Gasteiger partial charge in [0.25, 0.3) is 5.91 Å². The largest absolute Gasteiger partial charge is 0.494 e. The Labute approximate surface area is 122 Å². The van der Waals surface area contributed by atoms with Gasteiger partial charge in [0, 0.05) is 31.9 Å². The molecule has 20 heavy (non-hydrogen) atoms. The van der Waals surface area contributed by atoms with E-state index in [9.17, 15) is 4.79 Å². The Kier molecular flexibility index (Phi) is 6.24. The van der Waals surface area contributed by atoms with Gasteiger partial charge in [-0.05, 0) is 39.2 Å². The minimum Gasteiger partial charge on any atom is -0.410 e. The molecule has 1 amide bonds. The Morgan fingerprint density at radius 1 is 1.05 bits per heavy atom. The summed E-state index contributed by atoms with van der Waals surface area (Å²) in [6, 6.07) is 7.70. The molecule has 110 valence electrons. The standard InChI is InChI=1S/C15H24BNO3/c1-11(2)17(12(3)4)15(18)13-9-7-8-10-14(13)16(19-5)20-6/h7-12H,1-6H3. The summed E-state index contributed by atoms with van der Waals surface area (Å²) >= 11 is 0. The zero-order valence-corrected chi connectivity index (χ0v) is 13.2. The van der Waals surface area contributed by atoms with Crippen LogP contribution in [0.15, 0.2) is 24.3 Å². The monoisotopic (exact) mass is 277 g/mol. The minimum absolute atomic E-state index is 0.00435. The molecule has 1 aromatic carbocycles. The third-order valence-corrected chi connectivity index (χ3v) is 3.22. The van der Waals surface area contributed by atoms with Gasteiger partial charge in [-0.3, -0.25) is 4.79 Å². The second kappa shape index (κ2) is 7.46. The predicted octanol–water partition coefficient (Wildman–Crippen LogP) is 1.93. The average Bonchev–Trinajstić information content (AvgIpc) is 2.39. The van der Waals surface area contributed by atoms with Crippen LogP contribution in [-0.4, -0.2) is 44.2 Å². The molecule has 0 radical (unpaired) electrons. The molecule has 0 aliphatic rings. The Hall–Kier alpha value is -1.33. The topological polar surface area (TPSA) is 38.8 Å². The second-order valence-corrected chi connectivity index (χ2v) is 5.29. The molecular weight excluding hydrogens is 253 g/mol. The molecule has 0 heterocycles. The Bertz CT molecular complexity index is 436. The molecule has 0 atom stereocenters. The van der Waals surface area contributed by atoms with Crippen molar-refractivity contribution in [3.63, 3.8) is 0 Å². The molecule has 0 aromatic heterocycles. The van der Waals surface area contributed by atoms with Gasteiger partial charge < -0.3 is 14.2 Å². The number of hydrogen-bond donors (Lipinski definition) is 0. The predicted molar refractivity (Wildman–Crippen MR) is 82.3 cm³/mol. The maximum absolute atomic E-state index is 12.8. The van der Waals surface area contributed by atoms with Gasteiger partial charge in [0.1, 0.15) is 0 Å². The normalized spacial score (nSPS) is 11.0. The van der Waals surface area contributed by atoms with E-state index in [2.05, 4.69) is 0 Å². The van der Waals surface area contributed by atoms with E-state index in [1.165, 1.54) is 0 Å². The first-order chi connectivity index (χ1) is 9.43. The third-order valence-electron chi connectivity index (χ3n) is 3.22. The van der Waals surface area contributed by atoms with Crippen molar-refractivity contribution in [2.45, 2.75) is 39.8 Å². The van der Waals surface area contributed by atoms with E-state index in [-0.39, 0.29) is 18.0 Å². The first kappa shape index (κ1) is 16.7. The van der Waals surface area contributed by atoms with Crippen molar-refractivity contribution in [2.75, 3.05) is 14.2 Å². The Morgan fingerprint density at radius 2 is 1.55 bits per heavy atom. The highest BCUT2D eigenvalue weighted by atomic mass is 16.6. The summed E-state index contributed by atoms with van der Waals surface area (Å²) in [5.74, 6) is 0.00435. The molecule has 0 saturated carbocycles. The van der Waals surface area contributed by atoms with Crippen molar-refractivity contribution in [1.82, 2.24) is 4.90 Å². The Morgan fingerprint density at radius 3 is 2.00 bits per heavy atom. The van der Waals surface area contributed by atoms with E-state index >= 15 is 0 Å². The molecule has 0 saturated heterocycles. The smallest absolute Gasteiger partial charge is 0.410 e. The van der Waals surface area contributed by atoms with E-state index in [0.717, 1.165) is 5.46 Å². The summed E-state index contributed by atoms with van der Waals surface area (Å²) in [7, 11) is 2.60. The van der Waals surface area contributed by atoms with E-state index < -0.39 is 7.12 Å². The highest BCUT2D eigenvalue weighted by molar-refractivity contribution is 6.62. The number of amides is 1. The van der Waals surface area contributed by atoms with Gasteiger partial charge >= 0.3 is 7.12 Å². The maximum Gasteiger partial charge on any atom is 0.494 e. The van der Waals surface area contributed by atoms with Crippen LogP contribution in [0, 0.1) is 0 Å². The van der Waals surface area contributed by atoms with Gasteiger partial charge in [0.15, 0.2) is 0 Å². The van der Waals surface area contributed by atoms with Crippen molar-refractivity contribution in [3.05, 3.63) is 29.8 Å². The zero-order valence-electron chi connectivity index (χ0n) is 13.2. The summed E-state index contributed by atoms with van der Waals surface area (Å²) in [6.45, 7) is 8.07. The molecule has 0 fully saturated rings. The number of benzene rings is 1. The fourth-order valence-corrected chi connectivity index (χ4v) is 2.45. The number of nitrogens with zero attached hydrogens (tertiary/aromatic N) is 1. The van der Waals surface area contributed by atoms with Crippen LogP contribution in [0.3, 0.4) is 0 Å². The summed E-state index contributed by atoms with van der Waals surface area (Å²) in [5, 5.41) is 0. The van der Waals surface area contributed by atoms with Crippen LogP contribution in [0.1, 0.15) is 38.1 Å². The van der Waals surface area contributed by atoms with Crippen molar-refractivity contribution >= 4 is 18.5 Å². The van der Waals surface area contributed by atoms with Crippen LogP contribution in [0.4, 0.5) is 0 Å². The van der Waals surface area contributed by atoms with Gasteiger partial charge in [-0.25, -0.2) is 0 Å². The number of hydrogen-bond acceptors (Lipinski definition) is 3. The summed E-state index contributed by atoms with van der Waals surface area (Å²) in [6.07, 6.45) is 0. The molecule has 0 aliphatic carbocycles. The van der Waals surface area contributed by atoms with Gasteiger partial charge in [-0.1, -0.05) is 18.2 Å². The lowest BCUT2D eigenvalue weighted by molar-refractivity contribution is 0.0644. The quantitative estimate of drug-likeness (QED) is 0.746. The first-order valence-electron chi connectivity index (χ1n) is 6.91. The van der Waals surface area contributed by atoms with Crippen molar-refractivity contribution in [1.29, 1.82) is 0 Å². The Balaban J connectivity index is 3.21. The molecular formula is C15H24BNO3. The van der Waals surface area contributed by atoms with Gasteiger partial charge in [-0.15, -0.1) is 0 Å². The van der Waals surface area contributed by atoms with Crippen molar-refractivity contribution in [3.8, 4) is 0 Å². The number of carbonyl (C=O) groups is 1. The second-order valence-electron chi connectivity index (χ2n) is 5.29. The molecule has 0 spiro atoms. The van der Waals surface area contributed by atoms with Crippen LogP contribution in [0.5, 0.6) is 0 Å². The molecule has 0 aliphatic heterocycles. The summed E-state index contributed by atoms with van der Waals surface area (Å²) < 4.78 is 10.6. The highest BCUT2D eigenvalue weighted by Gasteiger charge is 2.28. The lowest BCUT2D eigenvalue weighted by Crippen LogP contribution is -2.46. The van der Waals surface area contributed by atoms with Crippen LogP contribution in [-0.2, 0) is 9.31 Å². The minimum atomic E-state index is -0.531. The molecule has 4 nitrogen and oxygen atoms in total. The van der Waals surface area contributed by atoms with E-state index in [0.29, 0.717) is 5.56 Å². The fraction of sp³-hybridized carbons (Fsp3) is 0.533. The van der Waals surface area contributed by atoms with Crippen LogP contribution < -0.4 is 5.46 Å². The molecule has 0 bridgehead atoms. The average molecular weight is 277 g/mol. The molecule has 5 heteroatoms. The fourth-order valence-electron chi connectivity index (χ4n) is 2.45. The van der Waals surface area contributed by atoms with Gasteiger partial charge in [0.2, 0.25) is 0 Å². The zero-order chi connectivity index (χ0) is 15.3. The summed E-state index contributed by atoms with van der Waals surface area (Å²) in [5.41, 5.74) is 1.39. The van der Waals surface area contributed by atoms with Gasteiger partial charge in [-0.2, -0.15) is 0 Å². The summed E-state index contributed by atoms with van der Waals surface area (Å²) in [4.78, 5) is 14.7. The lowest BCUT2D eigenvalue weighted by atomic mass is 9.75. The van der Waals surface area contributed by atoms with Crippen LogP contribution in [0.25, 0.3) is 0 Å².